The third kappa shape index (κ3) is 45.8. The Bertz CT molecular complexity index is 1250. The SMILES string of the molecule is CC/C=C\C/C=C\C/C=C\C/C=C\CCCCC(=O)OC(COC(=O)CCCCCCCCCCCCCCCCCCCCCCCCCC)COP(=O)(O)OCC(N)C(=O)O. The maximum Gasteiger partial charge on any atom is 0.472 e. The Balaban J connectivity index is 4.21. The molecule has 0 saturated carbocycles. The van der Waals surface area contributed by atoms with E-state index in [1.807, 2.05) is 0 Å². The predicted octanol–water partition coefficient (Wildman–Crippen LogP) is 14.1. The summed E-state index contributed by atoms with van der Waals surface area (Å²) in [5.74, 6) is -2.42. The van der Waals surface area contributed by atoms with E-state index in [0.717, 1.165) is 57.8 Å². The Morgan fingerprint density at radius 2 is 0.889 bits per heavy atom. The normalized spacial score (nSPS) is 14.0. The highest BCUT2D eigenvalue weighted by Gasteiger charge is 2.28. The maximum absolute atomic E-state index is 12.6. The number of aliphatic carboxylic acids is 1. The number of phosphoric acid groups is 1. The van der Waals surface area contributed by atoms with Crippen molar-refractivity contribution < 1.29 is 47.5 Å². The standard InChI is InChI=1S/C51H92NO10P/c1-3-5-7-9-11-13-15-17-19-20-21-22-23-24-25-26-27-29-30-32-34-36-38-40-42-49(53)59-44-47(45-60-63(57,58)61-46-48(52)51(55)56)62-50(54)43-41-39-37-35-33-31-28-18-16-14-12-10-8-6-4-2/h6,8,12,14,18,28,33,35,47-48H,3-5,7,9-11,13,15-17,19-27,29-32,34,36-46,52H2,1-2H3,(H,55,56)(H,57,58)/b8-6-,14-12-,28-18-,35-33-. The second kappa shape index (κ2) is 46.0. The molecule has 3 unspecified atom stereocenters. The van der Waals surface area contributed by atoms with Crippen molar-refractivity contribution in [2.24, 2.45) is 5.73 Å². The van der Waals surface area contributed by atoms with Crippen molar-refractivity contribution in [1.82, 2.24) is 0 Å². The molecule has 0 aromatic heterocycles. The van der Waals surface area contributed by atoms with Gasteiger partial charge < -0.3 is 25.2 Å². The zero-order chi connectivity index (χ0) is 46.3. The van der Waals surface area contributed by atoms with Gasteiger partial charge in [-0.3, -0.25) is 23.4 Å². The van der Waals surface area contributed by atoms with E-state index in [1.165, 1.54) is 128 Å². The second-order valence-electron chi connectivity index (χ2n) is 16.9. The lowest BCUT2D eigenvalue weighted by Gasteiger charge is -2.20. The molecule has 366 valence electrons. The number of ether oxygens (including phenoxy) is 2. The van der Waals surface area contributed by atoms with Gasteiger partial charge in [-0.1, -0.05) is 210 Å². The van der Waals surface area contributed by atoms with Crippen molar-refractivity contribution in [2.75, 3.05) is 19.8 Å². The molecule has 63 heavy (non-hydrogen) atoms. The van der Waals surface area contributed by atoms with Crippen molar-refractivity contribution in [2.45, 2.75) is 238 Å². The lowest BCUT2D eigenvalue weighted by atomic mass is 10.0. The van der Waals surface area contributed by atoms with Crippen molar-refractivity contribution >= 4 is 25.7 Å². The Morgan fingerprint density at radius 1 is 0.508 bits per heavy atom. The highest BCUT2D eigenvalue weighted by atomic mass is 31.2. The summed E-state index contributed by atoms with van der Waals surface area (Å²) in [7, 11) is -4.73. The molecule has 0 spiro atoms. The zero-order valence-electron chi connectivity index (χ0n) is 39.9. The van der Waals surface area contributed by atoms with Crippen LogP contribution in [-0.4, -0.2) is 59.9 Å². The van der Waals surface area contributed by atoms with E-state index in [2.05, 4.69) is 67.0 Å². The number of hydrogen-bond acceptors (Lipinski definition) is 9. The first kappa shape index (κ1) is 60.4. The zero-order valence-corrected chi connectivity index (χ0v) is 40.8. The summed E-state index contributed by atoms with van der Waals surface area (Å²) in [5.41, 5.74) is 5.34. The molecule has 0 heterocycles. The first-order chi connectivity index (χ1) is 30.6. The Morgan fingerprint density at radius 3 is 1.33 bits per heavy atom. The predicted molar refractivity (Wildman–Crippen MR) is 258 cm³/mol. The van der Waals surface area contributed by atoms with Crippen LogP contribution in [0.5, 0.6) is 0 Å². The molecule has 0 radical (unpaired) electrons. The number of hydrogen-bond donors (Lipinski definition) is 3. The fourth-order valence-electron chi connectivity index (χ4n) is 6.94. The van der Waals surface area contributed by atoms with Gasteiger partial charge in [0.2, 0.25) is 0 Å². The number of allylic oxidation sites excluding steroid dienone is 8. The quantitative estimate of drug-likeness (QED) is 0.0230. The highest BCUT2D eigenvalue weighted by molar-refractivity contribution is 7.47. The largest absolute Gasteiger partial charge is 0.480 e. The molecule has 0 aliphatic carbocycles. The number of carbonyl (C=O) groups is 3. The molecular formula is C51H92NO10P. The first-order valence-corrected chi connectivity index (χ1v) is 26.7. The third-order valence-corrected chi connectivity index (χ3v) is 11.8. The second-order valence-corrected chi connectivity index (χ2v) is 18.4. The van der Waals surface area contributed by atoms with Crippen LogP contribution < -0.4 is 5.73 Å². The Kier molecular flexibility index (Phi) is 44.1. The van der Waals surface area contributed by atoms with E-state index in [0.29, 0.717) is 12.8 Å². The summed E-state index contributed by atoms with van der Waals surface area (Å²) in [6.07, 6.45) is 53.4. The van der Waals surface area contributed by atoms with Gasteiger partial charge in [-0.2, -0.15) is 0 Å². The maximum atomic E-state index is 12.6. The van der Waals surface area contributed by atoms with Crippen LogP contribution in [0.2, 0.25) is 0 Å². The minimum atomic E-state index is -4.73. The molecule has 0 aromatic carbocycles. The van der Waals surface area contributed by atoms with Crippen molar-refractivity contribution in [1.29, 1.82) is 0 Å². The van der Waals surface area contributed by atoms with E-state index in [4.69, 9.17) is 24.8 Å². The number of nitrogens with two attached hydrogens (primary N) is 1. The molecule has 0 aliphatic heterocycles. The number of carboxylic acids is 1. The molecule has 12 heteroatoms. The number of esters is 2. The molecule has 0 aliphatic rings. The Labute approximate surface area is 384 Å². The van der Waals surface area contributed by atoms with Crippen molar-refractivity contribution in [3.05, 3.63) is 48.6 Å². The van der Waals surface area contributed by atoms with Crippen molar-refractivity contribution in [3.8, 4) is 0 Å². The van der Waals surface area contributed by atoms with E-state index < -0.39 is 51.1 Å². The van der Waals surface area contributed by atoms with Crippen LogP contribution in [0.15, 0.2) is 48.6 Å². The monoisotopic (exact) mass is 910 g/mol. The van der Waals surface area contributed by atoms with Gasteiger partial charge in [0.15, 0.2) is 6.10 Å². The van der Waals surface area contributed by atoms with Gasteiger partial charge in [0.05, 0.1) is 13.2 Å². The molecule has 4 N–H and O–H groups in total. The fraction of sp³-hybridized carbons (Fsp3) is 0.784. The van der Waals surface area contributed by atoms with Gasteiger partial charge in [-0.15, -0.1) is 0 Å². The molecule has 0 fully saturated rings. The van der Waals surface area contributed by atoms with E-state index >= 15 is 0 Å². The summed E-state index contributed by atoms with van der Waals surface area (Å²) < 4.78 is 32.8. The van der Waals surface area contributed by atoms with Gasteiger partial charge in [-0.05, 0) is 51.4 Å². The van der Waals surface area contributed by atoms with Crippen LogP contribution in [0.1, 0.15) is 226 Å². The summed E-state index contributed by atoms with van der Waals surface area (Å²) >= 11 is 0. The topological polar surface area (TPSA) is 172 Å². The van der Waals surface area contributed by atoms with Crippen LogP contribution in [0.3, 0.4) is 0 Å². The van der Waals surface area contributed by atoms with E-state index in [1.54, 1.807) is 0 Å². The summed E-state index contributed by atoms with van der Waals surface area (Å²) in [5, 5.41) is 8.91. The van der Waals surface area contributed by atoms with Gasteiger partial charge >= 0.3 is 25.7 Å². The van der Waals surface area contributed by atoms with Gasteiger partial charge in [-0.25, -0.2) is 4.57 Å². The molecule has 3 atom stereocenters. The molecular weight excluding hydrogens is 818 g/mol. The lowest BCUT2D eigenvalue weighted by molar-refractivity contribution is -0.161. The summed E-state index contributed by atoms with van der Waals surface area (Å²) in [6.45, 7) is 2.68. The van der Waals surface area contributed by atoms with Crippen LogP contribution in [-0.2, 0) is 37.5 Å². The number of rotatable bonds is 47. The van der Waals surface area contributed by atoms with Crippen molar-refractivity contribution in [3.63, 3.8) is 0 Å². The van der Waals surface area contributed by atoms with Gasteiger partial charge in [0.1, 0.15) is 12.6 Å². The average Bonchev–Trinajstić information content (AvgIpc) is 3.26. The van der Waals surface area contributed by atoms with E-state index in [-0.39, 0.29) is 19.4 Å². The molecule has 11 nitrogen and oxygen atoms in total. The summed E-state index contributed by atoms with van der Waals surface area (Å²) in [6, 6.07) is -1.53. The molecule has 0 rings (SSSR count). The Hall–Kier alpha value is -2.56. The number of unbranched alkanes of at least 4 members (excludes halogenated alkanes) is 25. The van der Waals surface area contributed by atoms with Gasteiger partial charge in [0.25, 0.3) is 0 Å². The molecule has 0 saturated heterocycles. The number of carbonyl (C=O) groups excluding carboxylic acids is 2. The molecule has 0 bridgehead atoms. The fourth-order valence-corrected chi connectivity index (χ4v) is 7.72. The number of phosphoric ester groups is 1. The number of carboxylic acid groups (broad SMARTS) is 1. The van der Waals surface area contributed by atoms with Crippen LogP contribution >= 0.6 is 7.82 Å². The molecule has 0 amide bonds. The van der Waals surface area contributed by atoms with E-state index in [9.17, 15) is 23.8 Å². The lowest BCUT2D eigenvalue weighted by Crippen LogP contribution is -2.34. The van der Waals surface area contributed by atoms with Crippen LogP contribution in [0.4, 0.5) is 0 Å². The summed E-state index contributed by atoms with van der Waals surface area (Å²) in [4.78, 5) is 46.1. The smallest absolute Gasteiger partial charge is 0.472 e. The average molecular weight is 910 g/mol. The van der Waals surface area contributed by atoms with Gasteiger partial charge in [0, 0.05) is 12.8 Å². The minimum absolute atomic E-state index is 0.109. The van der Waals surface area contributed by atoms with Crippen LogP contribution in [0, 0.1) is 0 Å². The third-order valence-electron chi connectivity index (χ3n) is 10.8. The first-order valence-electron chi connectivity index (χ1n) is 25.2. The minimum Gasteiger partial charge on any atom is -0.480 e. The van der Waals surface area contributed by atoms with Crippen LogP contribution in [0.25, 0.3) is 0 Å². The highest BCUT2D eigenvalue weighted by Crippen LogP contribution is 2.43. The molecule has 0 aromatic rings.